The number of halogens is 2. The number of rotatable bonds is 7. The third kappa shape index (κ3) is 3.68. The van der Waals surface area contributed by atoms with Gasteiger partial charge in [0.05, 0.1) is 27.6 Å². The van der Waals surface area contributed by atoms with Crippen LogP contribution in [-0.2, 0) is 6.42 Å². The molecule has 1 fully saturated rings. The molecule has 0 aliphatic heterocycles. The third-order valence-electron chi connectivity index (χ3n) is 5.23. The van der Waals surface area contributed by atoms with Crippen LogP contribution in [0.15, 0.2) is 36.4 Å². The zero-order valence-corrected chi connectivity index (χ0v) is 17.4. The highest BCUT2D eigenvalue weighted by molar-refractivity contribution is 6.36. The van der Waals surface area contributed by atoms with Gasteiger partial charge in [0.2, 0.25) is 0 Å². The Bertz CT molecular complexity index is 960. The van der Waals surface area contributed by atoms with Crippen LogP contribution in [0.25, 0.3) is 16.8 Å². The van der Waals surface area contributed by atoms with E-state index in [4.69, 9.17) is 28.3 Å². The van der Waals surface area contributed by atoms with Crippen molar-refractivity contribution in [2.45, 2.75) is 39.5 Å². The zero-order chi connectivity index (χ0) is 19.0. The van der Waals surface area contributed by atoms with E-state index in [1.54, 1.807) is 6.07 Å². The molecular weight excluding hydrogens is 377 g/mol. The van der Waals surface area contributed by atoms with Crippen molar-refractivity contribution in [1.29, 1.82) is 0 Å². The van der Waals surface area contributed by atoms with Gasteiger partial charge in [0.15, 0.2) is 0 Å². The highest BCUT2D eigenvalue weighted by Gasteiger charge is 2.27. The molecule has 2 aromatic heterocycles. The molecule has 27 heavy (non-hydrogen) atoms. The Kier molecular flexibility index (Phi) is 5.34. The normalized spacial score (nSPS) is 14.1. The Labute approximate surface area is 170 Å². The first kappa shape index (κ1) is 18.6. The standard InChI is InChI=1S/C22H25Cl2N3/c1-3-12-26(14-15-8-9-15)22-19(4-2)25-27-20(6-5-7-21(22)27)17-11-10-16(23)13-18(17)24/h5-7,10-11,13,15H,3-4,8-9,12,14H2,1-2H3. The summed E-state index contributed by atoms with van der Waals surface area (Å²) in [6, 6.07) is 12.0. The second-order valence-corrected chi connectivity index (χ2v) is 8.21. The van der Waals surface area contributed by atoms with Crippen molar-refractivity contribution in [3.8, 4) is 11.3 Å². The summed E-state index contributed by atoms with van der Waals surface area (Å²) in [6.07, 6.45) is 4.75. The van der Waals surface area contributed by atoms with Crippen molar-refractivity contribution in [2.75, 3.05) is 18.0 Å². The molecule has 1 saturated carbocycles. The first-order valence-electron chi connectivity index (χ1n) is 9.83. The third-order valence-corrected chi connectivity index (χ3v) is 5.78. The fourth-order valence-corrected chi connectivity index (χ4v) is 4.27. The van der Waals surface area contributed by atoms with E-state index in [9.17, 15) is 0 Å². The van der Waals surface area contributed by atoms with Gasteiger partial charge < -0.3 is 4.90 Å². The SMILES string of the molecule is CCCN(CC1CC1)c1c(CC)nn2c(-c3ccc(Cl)cc3Cl)cccc12. The van der Waals surface area contributed by atoms with E-state index in [1.807, 2.05) is 12.1 Å². The number of aryl methyl sites for hydroxylation is 1. The van der Waals surface area contributed by atoms with Crippen LogP contribution in [0.3, 0.4) is 0 Å². The molecule has 142 valence electrons. The molecule has 0 radical (unpaired) electrons. The lowest BCUT2D eigenvalue weighted by Gasteiger charge is -2.24. The summed E-state index contributed by atoms with van der Waals surface area (Å²) >= 11 is 12.6. The Morgan fingerprint density at radius 1 is 1.15 bits per heavy atom. The molecular formula is C22H25Cl2N3. The number of anilines is 1. The van der Waals surface area contributed by atoms with Gasteiger partial charge in [-0.3, -0.25) is 0 Å². The minimum atomic E-state index is 0.643. The van der Waals surface area contributed by atoms with Crippen molar-refractivity contribution < 1.29 is 0 Å². The number of aromatic nitrogens is 2. The molecule has 1 aromatic carbocycles. The van der Waals surface area contributed by atoms with E-state index in [0.29, 0.717) is 10.0 Å². The molecule has 0 atom stereocenters. The number of hydrogen-bond acceptors (Lipinski definition) is 2. The highest BCUT2D eigenvalue weighted by Crippen LogP contribution is 2.37. The Balaban J connectivity index is 1.88. The second kappa shape index (κ2) is 7.73. The van der Waals surface area contributed by atoms with Crippen LogP contribution < -0.4 is 4.90 Å². The van der Waals surface area contributed by atoms with Crippen molar-refractivity contribution in [2.24, 2.45) is 5.92 Å². The van der Waals surface area contributed by atoms with Gasteiger partial charge >= 0.3 is 0 Å². The van der Waals surface area contributed by atoms with Crippen LogP contribution in [0.1, 0.15) is 38.8 Å². The van der Waals surface area contributed by atoms with E-state index < -0.39 is 0 Å². The van der Waals surface area contributed by atoms with Crippen molar-refractivity contribution >= 4 is 34.4 Å². The summed E-state index contributed by atoms with van der Waals surface area (Å²) in [5, 5.41) is 6.28. The van der Waals surface area contributed by atoms with E-state index >= 15 is 0 Å². The summed E-state index contributed by atoms with van der Waals surface area (Å²) in [5.74, 6) is 0.838. The fourth-order valence-electron chi connectivity index (χ4n) is 3.76. The minimum Gasteiger partial charge on any atom is -0.368 e. The van der Waals surface area contributed by atoms with Gasteiger partial charge in [0.25, 0.3) is 0 Å². The summed E-state index contributed by atoms with van der Waals surface area (Å²) in [4.78, 5) is 2.55. The maximum Gasteiger partial charge on any atom is 0.0905 e. The van der Waals surface area contributed by atoms with Gasteiger partial charge in [-0.2, -0.15) is 5.10 Å². The topological polar surface area (TPSA) is 20.5 Å². The van der Waals surface area contributed by atoms with Gasteiger partial charge in [-0.15, -0.1) is 0 Å². The number of nitrogens with zero attached hydrogens (tertiary/aromatic N) is 3. The van der Waals surface area contributed by atoms with Gasteiger partial charge in [0, 0.05) is 23.7 Å². The predicted molar refractivity (Wildman–Crippen MR) is 115 cm³/mol. The molecule has 0 bridgehead atoms. The molecule has 0 amide bonds. The molecule has 0 N–H and O–H groups in total. The largest absolute Gasteiger partial charge is 0.368 e. The smallest absolute Gasteiger partial charge is 0.0905 e. The van der Waals surface area contributed by atoms with E-state index in [0.717, 1.165) is 54.3 Å². The Morgan fingerprint density at radius 2 is 1.96 bits per heavy atom. The molecule has 5 heteroatoms. The average molecular weight is 402 g/mol. The van der Waals surface area contributed by atoms with Gasteiger partial charge in [0.1, 0.15) is 0 Å². The van der Waals surface area contributed by atoms with Gasteiger partial charge in [-0.25, -0.2) is 4.52 Å². The van der Waals surface area contributed by atoms with E-state index in [1.165, 1.54) is 18.5 Å². The van der Waals surface area contributed by atoms with Crippen LogP contribution in [-0.4, -0.2) is 22.7 Å². The van der Waals surface area contributed by atoms with Gasteiger partial charge in [-0.05, 0) is 61.9 Å². The fraction of sp³-hybridized carbons (Fsp3) is 0.409. The minimum absolute atomic E-state index is 0.643. The molecule has 0 spiro atoms. The summed E-state index contributed by atoms with van der Waals surface area (Å²) in [6.45, 7) is 6.63. The molecule has 3 aromatic rings. The van der Waals surface area contributed by atoms with Gasteiger partial charge in [-0.1, -0.05) is 43.1 Å². The first-order valence-corrected chi connectivity index (χ1v) is 10.6. The second-order valence-electron chi connectivity index (χ2n) is 7.37. The molecule has 4 rings (SSSR count). The van der Waals surface area contributed by atoms with Crippen LogP contribution >= 0.6 is 23.2 Å². The number of benzene rings is 1. The Morgan fingerprint density at radius 3 is 2.63 bits per heavy atom. The highest BCUT2D eigenvalue weighted by atomic mass is 35.5. The van der Waals surface area contributed by atoms with Crippen molar-refractivity contribution in [3.63, 3.8) is 0 Å². The molecule has 3 nitrogen and oxygen atoms in total. The number of hydrogen-bond donors (Lipinski definition) is 0. The monoisotopic (exact) mass is 401 g/mol. The number of fused-ring (bicyclic) bond motifs is 1. The summed E-state index contributed by atoms with van der Waals surface area (Å²) < 4.78 is 2.05. The first-order chi connectivity index (χ1) is 13.1. The van der Waals surface area contributed by atoms with Crippen LogP contribution in [0, 0.1) is 5.92 Å². The van der Waals surface area contributed by atoms with Crippen LogP contribution in [0.5, 0.6) is 0 Å². The lowest BCUT2D eigenvalue weighted by atomic mass is 10.1. The maximum atomic E-state index is 6.50. The Hall–Kier alpha value is -1.71. The molecule has 1 aliphatic carbocycles. The molecule has 0 unspecified atom stereocenters. The number of pyridine rings is 1. The summed E-state index contributed by atoms with van der Waals surface area (Å²) in [7, 11) is 0. The van der Waals surface area contributed by atoms with Crippen LogP contribution in [0.4, 0.5) is 5.69 Å². The zero-order valence-electron chi connectivity index (χ0n) is 15.9. The predicted octanol–water partition coefficient (Wildman–Crippen LogP) is 6.50. The molecule has 0 saturated heterocycles. The van der Waals surface area contributed by atoms with Crippen molar-refractivity contribution in [3.05, 3.63) is 52.1 Å². The molecule has 2 heterocycles. The lowest BCUT2D eigenvalue weighted by molar-refractivity contribution is 0.706. The quantitative estimate of drug-likeness (QED) is 0.450. The molecule has 1 aliphatic rings. The lowest BCUT2D eigenvalue weighted by Crippen LogP contribution is -2.27. The van der Waals surface area contributed by atoms with Crippen molar-refractivity contribution in [1.82, 2.24) is 9.61 Å². The van der Waals surface area contributed by atoms with Crippen LogP contribution in [0.2, 0.25) is 10.0 Å². The maximum absolute atomic E-state index is 6.50. The van der Waals surface area contributed by atoms with E-state index in [-0.39, 0.29) is 0 Å². The summed E-state index contributed by atoms with van der Waals surface area (Å²) in [5.41, 5.74) is 5.55. The average Bonchev–Trinajstić information content (AvgIpc) is 3.38. The van der Waals surface area contributed by atoms with E-state index in [2.05, 4.69) is 41.5 Å².